The Kier molecular flexibility index (Phi) is 4.89. The van der Waals surface area contributed by atoms with Gasteiger partial charge in [-0.1, -0.05) is 11.6 Å². The minimum Gasteiger partial charge on any atom is -0.389 e. The SMILES string of the molecule is O=C(C1CCCc2nn(Cc3ncc(C(F)(F)F)cc3Cl)c(=O)n21)N1CC(O)C1. The van der Waals surface area contributed by atoms with Gasteiger partial charge in [0, 0.05) is 25.7 Å². The van der Waals surface area contributed by atoms with E-state index >= 15 is 0 Å². The molecule has 0 aromatic carbocycles. The second-order valence-corrected chi connectivity index (χ2v) is 7.59. The van der Waals surface area contributed by atoms with Gasteiger partial charge in [0.2, 0.25) is 5.91 Å². The third-order valence-corrected chi connectivity index (χ3v) is 5.46. The minimum atomic E-state index is -4.57. The van der Waals surface area contributed by atoms with E-state index in [0.29, 0.717) is 31.3 Å². The third kappa shape index (κ3) is 3.64. The Hall–Kier alpha value is -2.40. The van der Waals surface area contributed by atoms with Crippen molar-refractivity contribution in [2.24, 2.45) is 0 Å². The Labute approximate surface area is 167 Å². The number of alkyl halides is 3. The van der Waals surface area contributed by atoms with Gasteiger partial charge in [-0.05, 0) is 18.9 Å². The number of amides is 1. The van der Waals surface area contributed by atoms with Crippen LogP contribution < -0.4 is 5.69 Å². The number of carbonyl (C=O) groups excluding carboxylic acids is 1. The molecule has 2 aromatic rings. The molecule has 29 heavy (non-hydrogen) atoms. The summed E-state index contributed by atoms with van der Waals surface area (Å²) in [6.07, 6.45) is -2.81. The van der Waals surface area contributed by atoms with Crippen LogP contribution in [0.2, 0.25) is 5.02 Å². The van der Waals surface area contributed by atoms with Gasteiger partial charge >= 0.3 is 11.9 Å². The Morgan fingerprint density at radius 1 is 1.34 bits per heavy atom. The number of nitrogens with zero attached hydrogens (tertiary/aromatic N) is 5. The van der Waals surface area contributed by atoms with Crippen molar-refractivity contribution in [3.63, 3.8) is 0 Å². The lowest BCUT2D eigenvalue weighted by atomic mass is 10.0. The fourth-order valence-electron chi connectivity index (χ4n) is 3.59. The van der Waals surface area contributed by atoms with E-state index in [1.807, 2.05) is 0 Å². The number of fused-ring (bicyclic) bond motifs is 1. The molecule has 0 radical (unpaired) electrons. The first-order valence-corrected chi connectivity index (χ1v) is 9.39. The highest BCUT2D eigenvalue weighted by atomic mass is 35.5. The summed E-state index contributed by atoms with van der Waals surface area (Å²) in [5.41, 5.74) is -1.45. The van der Waals surface area contributed by atoms with Gasteiger partial charge in [0.05, 0.1) is 28.9 Å². The highest BCUT2D eigenvalue weighted by Gasteiger charge is 2.38. The molecule has 2 aliphatic rings. The van der Waals surface area contributed by atoms with Gasteiger partial charge < -0.3 is 10.0 Å². The zero-order valence-electron chi connectivity index (χ0n) is 15.1. The molecule has 2 aromatic heterocycles. The average Bonchev–Trinajstić information content (AvgIpc) is 2.95. The summed E-state index contributed by atoms with van der Waals surface area (Å²) in [5, 5.41) is 13.4. The van der Waals surface area contributed by atoms with Crippen LogP contribution in [0, 0.1) is 0 Å². The lowest BCUT2D eigenvalue weighted by Gasteiger charge is -2.39. The van der Waals surface area contributed by atoms with Crippen molar-refractivity contribution in [3.05, 3.63) is 44.9 Å². The van der Waals surface area contributed by atoms with Gasteiger partial charge in [0.1, 0.15) is 11.9 Å². The standard InChI is InChI=1S/C17H17ClF3N5O3/c18-11-4-9(17(19,20)21)5-22-12(11)8-25-16(29)26-13(2-1-3-14(26)23-25)15(28)24-6-10(27)7-24/h4-5,10,13,27H,1-3,6-8H2. The molecule has 156 valence electrons. The van der Waals surface area contributed by atoms with Crippen molar-refractivity contribution in [1.82, 2.24) is 24.2 Å². The number of carbonyl (C=O) groups is 1. The second kappa shape index (κ2) is 7.13. The zero-order valence-corrected chi connectivity index (χ0v) is 15.8. The molecule has 1 amide bonds. The van der Waals surface area contributed by atoms with Crippen LogP contribution in [-0.2, 0) is 23.9 Å². The number of pyridine rings is 1. The molecule has 4 rings (SSSR count). The number of likely N-dealkylation sites (tertiary alicyclic amines) is 1. The number of aryl methyl sites for hydroxylation is 1. The van der Waals surface area contributed by atoms with Crippen molar-refractivity contribution in [3.8, 4) is 0 Å². The summed E-state index contributed by atoms with van der Waals surface area (Å²) in [7, 11) is 0. The van der Waals surface area contributed by atoms with E-state index in [1.54, 1.807) is 0 Å². The number of hydrogen-bond donors (Lipinski definition) is 1. The maximum Gasteiger partial charge on any atom is 0.417 e. The molecule has 8 nitrogen and oxygen atoms in total. The molecule has 1 fully saturated rings. The van der Waals surface area contributed by atoms with Crippen LogP contribution in [0.5, 0.6) is 0 Å². The van der Waals surface area contributed by atoms with Gasteiger partial charge in [-0.25, -0.2) is 9.48 Å². The fraction of sp³-hybridized carbons (Fsp3) is 0.529. The third-order valence-electron chi connectivity index (χ3n) is 5.13. The summed E-state index contributed by atoms with van der Waals surface area (Å²) in [4.78, 5) is 30.8. The Morgan fingerprint density at radius 2 is 2.07 bits per heavy atom. The molecule has 12 heteroatoms. The number of aliphatic hydroxyl groups excluding tert-OH is 1. The maximum absolute atomic E-state index is 12.9. The quantitative estimate of drug-likeness (QED) is 0.789. The number of hydrogen-bond acceptors (Lipinski definition) is 5. The Morgan fingerprint density at radius 3 is 2.69 bits per heavy atom. The monoisotopic (exact) mass is 431 g/mol. The first kappa shape index (κ1) is 19.9. The predicted molar refractivity (Wildman–Crippen MR) is 94.4 cm³/mol. The van der Waals surface area contributed by atoms with Crippen molar-refractivity contribution < 1.29 is 23.1 Å². The Bertz CT molecular complexity index is 1010. The molecule has 0 spiro atoms. The molecule has 0 saturated carbocycles. The molecule has 1 unspecified atom stereocenters. The summed E-state index contributed by atoms with van der Waals surface area (Å²) < 4.78 is 40.7. The Balaban J connectivity index is 1.61. The van der Waals surface area contributed by atoms with Gasteiger partial charge in [-0.3, -0.25) is 14.3 Å². The minimum absolute atomic E-state index is 0.0750. The number of aromatic nitrogens is 4. The number of β-amino-alcohol motifs (C(OH)–C–C–N with tert-alkyl or cyclic N) is 1. The van der Waals surface area contributed by atoms with Crippen LogP contribution >= 0.6 is 11.6 Å². The zero-order chi connectivity index (χ0) is 20.9. The molecule has 1 atom stereocenters. The maximum atomic E-state index is 12.9. The van der Waals surface area contributed by atoms with E-state index in [-0.39, 0.29) is 36.3 Å². The molecule has 0 bridgehead atoms. The van der Waals surface area contributed by atoms with Gasteiger partial charge in [0.25, 0.3) is 0 Å². The fourth-order valence-corrected chi connectivity index (χ4v) is 3.82. The van der Waals surface area contributed by atoms with Gasteiger partial charge in [-0.2, -0.15) is 18.3 Å². The van der Waals surface area contributed by atoms with Crippen molar-refractivity contribution in [2.45, 2.75) is 44.1 Å². The predicted octanol–water partition coefficient (Wildman–Crippen LogP) is 1.24. The highest BCUT2D eigenvalue weighted by molar-refractivity contribution is 6.31. The molecule has 0 aliphatic carbocycles. The molecular weight excluding hydrogens is 415 g/mol. The molecule has 1 saturated heterocycles. The van der Waals surface area contributed by atoms with E-state index < -0.39 is 29.6 Å². The lowest BCUT2D eigenvalue weighted by molar-refractivity contribution is -0.145. The van der Waals surface area contributed by atoms with Crippen LogP contribution in [-0.4, -0.2) is 54.4 Å². The van der Waals surface area contributed by atoms with Crippen molar-refractivity contribution >= 4 is 17.5 Å². The van der Waals surface area contributed by atoms with Crippen molar-refractivity contribution in [1.29, 1.82) is 0 Å². The smallest absolute Gasteiger partial charge is 0.389 e. The van der Waals surface area contributed by atoms with Gasteiger partial charge in [-0.15, -0.1) is 0 Å². The van der Waals surface area contributed by atoms with E-state index in [0.717, 1.165) is 10.7 Å². The van der Waals surface area contributed by atoms with Crippen LogP contribution in [0.4, 0.5) is 13.2 Å². The summed E-state index contributed by atoms with van der Waals surface area (Å²) >= 11 is 5.93. The number of aliphatic hydroxyl groups is 1. The average molecular weight is 432 g/mol. The van der Waals surface area contributed by atoms with Crippen LogP contribution in [0.3, 0.4) is 0 Å². The van der Waals surface area contributed by atoms with Crippen molar-refractivity contribution in [2.75, 3.05) is 13.1 Å². The largest absolute Gasteiger partial charge is 0.417 e. The van der Waals surface area contributed by atoms with E-state index in [4.69, 9.17) is 11.6 Å². The van der Waals surface area contributed by atoms with Crippen LogP contribution in [0.25, 0.3) is 0 Å². The molecule has 2 aliphatic heterocycles. The first-order chi connectivity index (χ1) is 13.6. The summed E-state index contributed by atoms with van der Waals surface area (Å²) in [6, 6.07) is 0.0513. The first-order valence-electron chi connectivity index (χ1n) is 9.02. The molecule has 1 N–H and O–H groups in total. The normalized spacial score (nSPS) is 19.8. The van der Waals surface area contributed by atoms with Gasteiger partial charge in [0.15, 0.2) is 0 Å². The van der Waals surface area contributed by atoms with Crippen LogP contribution in [0.15, 0.2) is 17.1 Å². The summed E-state index contributed by atoms with van der Waals surface area (Å²) in [6.45, 7) is 0.260. The lowest BCUT2D eigenvalue weighted by Crippen LogP contribution is -2.56. The number of halogens is 4. The number of rotatable bonds is 3. The van der Waals surface area contributed by atoms with E-state index in [1.165, 1.54) is 9.47 Å². The second-order valence-electron chi connectivity index (χ2n) is 7.18. The van der Waals surface area contributed by atoms with E-state index in [2.05, 4.69) is 10.1 Å². The summed E-state index contributed by atoms with van der Waals surface area (Å²) in [5.74, 6) is 0.187. The molecular formula is C17H17ClF3N5O3. The molecule has 4 heterocycles. The highest BCUT2D eigenvalue weighted by Crippen LogP contribution is 2.31. The van der Waals surface area contributed by atoms with E-state index in [9.17, 15) is 27.9 Å². The topological polar surface area (TPSA) is 93.2 Å². The van der Waals surface area contributed by atoms with Crippen LogP contribution in [0.1, 0.15) is 36.0 Å².